The minimum absolute atomic E-state index is 0.0224. The molecule has 0 spiro atoms. The Bertz CT molecular complexity index is 344. The van der Waals surface area contributed by atoms with Gasteiger partial charge in [-0.1, -0.05) is 6.07 Å². The average Bonchev–Trinajstić information content (AvgIpc) is 2.20. The topological polar surface area (TPSA) is 49.7 Å². The zero-order valence-electron chi connectivity index (χ0n) is 8.20. The van der Waals surface area contributed by atoms with Crippen LogP contribution in [0.5, 0.6) is 0 Å². The fraction of sp³-hybridized carbons (Fsp3) is 0.333. The van der Waals surface area contributed by atoms with Gasteiger partial charge < -0.3 is 14.0 Å². The molecule has 0 aliphatic rings. The molecule has 0 aromatic heterocycles. The number of hydrogen-bond acceptors (Lipinski definition) is 3. The average molecular weight is 234 g/mol. The summed E-state index contributed by atoms with van der Waals surface area (Å²) >= 11 is 0. The van der Waals surface area contributed by atoms with Gasteiger partial charge in [-0.25, -0.2) is 8.78 Å². The highest BCUT2D eigenvalue weighted by Gasteiger charge is 2.29. The van der Waals surface area contributed by atoms with Gasteiger partial charge in [0.2, 0.25) is 0 Å². The van der Waals surface area contributed by atoms with Crippen molar-refractivity contribution in [1.29, 1.82) is 0 Å². The summed E-state index contributed by atoms with van der Waals surface area (Å²) in [4.78, 5) is 18.4. The Morgan fingerprint density at radius 3 is 2.47 bits per heavy atom. The Morgan fingerprint density at radius 2 is 1.93 bits per heavy atom. The molecule has 3 nitrogen and oxygen atoms in total. The molecule has 15 heavy (non-hydrogen) atoms. The zero-order chi connectivity index (χ0) is 11.5. The predicted molar refractivity (Wildman–Crippen MR) is 52.1 cm³/mol. The number of benzene rings is 1. The van der Waals surface area contributed by atoms with E-state index in [1.165, 1.54) is 13.2 Å². The van der Waals surface area contributed by atoms with Crippen molar-refractivity contribution in [2.75, 3.05) is 7.11 Å². The van der Waals surface area contributed by atoms with Crippen LogP contribution < -0.4 is 0 Å². The highest BCUT2D eigenvalue weighted by atomic mass is 28.4. The smallest absolute Gasteiger partial charge is 0.390 e. The highest BCUT2D eigenvalue weighted by molar-refractivity contribution is 6.57. The van der Waals surface area contributed by atoms with Gasteiger partial charge in [0.05, 0.1) is 0 Å². The normalized spacial score (nSPS) is 11.8. The fourth-order valence-electron chi connectivity index (χ4n) is 1.10. The molecule has 0 atom stereocenters. The van der Waals surface area contributed by atoms with E-state index in [1.54, 1.807) is 0 Å². The van der Waals surface area contributed by atoms with Gasteiger partial charge in [0, 0.05) is 13.2 Å². The Balaban J connectivity index is 2.62. The molecule has 1 aromatic carbocycles. The molecule has 1 rings (SSSR count). The van der Waals surface area contributed by atoms with Crippen LogP contribution in [0.1, 0.15) is 5.56 Å². The maximum Gasteiger partial charge on any atom is 0.495 e. The van der Waals surface area contributed by atoms with Crippen LogP contribution in [0, 0.1) is 11.6 Å². The summed E-state index contributed by atoms with van der Waals surface area (Å²) < 4.78 is 29.8. The maximum atomic E-state index is 12.8. The van der Waals surface area contributed by atoms with Crippen molar-refractivity contribution in [2.45, 2.75) is 12.5 Å². The van der Waals surface area contributed by atoms with Gasteiger partial charge in [-0.15, -0.1) is 0 Å². The van der Waals surface area contributed by atoms with Crippen molar-refractivity contribution in [3.05, 3.63) is 35.4 Å². The third kappa shape index (κ3) is 3.67. The van der Waals surface area contributed by atoms with Crippen molar-refractivity contribution in [3.8, 4) is 0 Å². The van der Waals surface area contributed by atoms with Crippen LogP contribution in [0.25, 0.3) is 0 Å². The van der Waals surface area contributed by atoms with Crippen LogP contribution in [0.4, 0.5) is 8.78 Å². The summed E-state index contributed by atoms with van der Waals surface area (Å²) in [6.07, 6.45) is 0.240. The first-order valence-electron chi connectivity index (χ1n) is 4.38. The summed E-state index contributed by atoms with van der Waals surface area (Å²) in [6, 6.07) is 3.47. The number of halogens is 2. The third-order valence-electron chi connectivity index (χ3n) is 2.05. The Kier molecular flexibility index (Phi) is 3.92. The predicted octanol–water partition coefficient (Wildman–Crippen LogP) is 1.08. The van der Waals surface area contributed by atoms with Gasteiger partial charge in [0.25, 0.3) is 0 Å². The van der Waals surface area contributed by atoms with E-state index in [-0.39, 0.29) is 12.5 Å². The second-order valence-corrected chi connectivity index (χ2v) is 5.59. The summed E-state index contributed by atoms with van der Waals surface area (Å²) in [5.74, 6) is -1.85. The van der Waals surface area contributed by atoms with E-state index < -0.39 is 20.4 Å². The minimum atomic E-state index is -3.61. The molecular weight excluding hydrogens is 222 g/mol. The van der Waals surface area contributed by atoms with Crippen LogP contribution in [0.3, 0.4) is 0 Å². The number of aryl methyl sites for hydroxylation is 1. The number of hydrogen-bond donors (Lipinski definition) is 2. The molecule has 0 aliphatic heterocycles. The van der Waals surface area contributed by atoms with E-state index in [4.69, 9.17) is 0 Å². The van der Waals surface area contributed by atoms with E-state index in [0.717, 1.165) is 12.1 Å². The minimum Gasteiger partial charge on any atom is -0.390 e. The van der Waals surface area contributed by atoms with Crippen LogP contribution in [-0.2, 0) is 10.8 Å². The molecule has 0 saturated heterocycles. The van der Waals surface area contributed by atoms with Gasteiger partial charge in [0.1, 0.15) is 0 Å². The monoisotopic (exact) mass is 234 g/mol. The molecule has 0 fully saturated rings. The van der Waals surface area contributed by atoms with Gasteiger partial charge in [-0.05, 0) is 24.1 Å². The standard InChI is InChI=1S/C9H12F2O3Si/c1-14-15(12,13)5-4-7-2-3-8(10)9(11)6-7/h2-3,6,12-13H,4-5H2,1H3. The summed E-state index contributed by atoms with van der Waals surface area (Å²) in [7, 11) is -2.40. The first-order valence-corrected chi connectivity index (χ1v) is 6.39. The molecule has 2 N–H and O–H groups in total. The van der Waals surface area contributed by atoms with Crippen molar-refractivity contribution >= 4 is 8.80 Å². The van der Waals surface area contributed by atoms with Crippen molar-refractivity contribution < 1.29 is 22.8 Å². The molecule has 6 heteroatoms. The maximum absolute atomic E-state index is 12.8. The molecule has 0 amide bonds. The van der Waals surface area contributed by atoms with Crippen LogP contribution in [-0.4, -0.2) is 25.5 Å². The molecule has 0 saturated carbocycles. The first kappa shape index (κ1) is 12.2. The molecule has 84 valence electrons. The third-order valence-corrected chi connectivity index (χ3v) is 3.61. The van der Waals surface area contributed by atoms with Crippen molar-refractivity contribution in [1.82, 2.24) is 0 Å². The summed E-state index contributed by atoms with van der Waals surface area (Å²) in [6.45, 7) is 0. The molecule has 1 aromatic rings. The lowest BCUT2D eigenvalue weighted by Crippen LogP contribution is -2.37. The van der Waals surface area contributed by atoms with Crippen LogP contribution >= 0.6 is 0 Å². The first-order chi connectivity index (χ1) is 6.94. The van der Waals surface area contributed by atoms with E-state index >= 15 is 0 Å². The van der Waals surface area contributed by atoms with E-state index in [9.17, 15) is 18.4 Å². The van der Waals surface area contributed by atoms with Crippen molar-refractivity contribution in [3.63, 3.8) is 0 Å². The van der Waals surface area contributed by atoms with Crippen LogP contribution in [0.15, 0.2) is 18.2 Å². The molecule has 0 bridgehead atoms. The van der Waals surface area contributed by atoms with E-state index in [2.05, 4.69) is 4.43 Å². The number of rotatable bonds is 4. The summed E-state index contributed by atoms with van der Waals surface area (Å²) in [5.41, 5.74) is 0.505. The largest absolute Gasteiger partial charge is 0.495 e. The second kappa shape index (κ2) is 4.80. The Morgan fingerprint density at radius 1 is 1.27 bits per heavy atom. The molecular formula is C9H12F2O3Si. The fourth-order valence-corrected chi connectivity index (χ4v) is 1.92. The molecule has 0 aliphatic carbocycles. The van der Waals surface area contributed by atoms with E-state index in [1.807, 2.05) is 0 Å². The summed E-state index contributed by atoms with van der Waals surface area (Å²) in [5, 5.41) is 0. The molecule has 0 heterocycles. The molecule has 0 radical (unpaired) electrons. The SMILES string of the molecule is CO[Si](O)(O)CCc1ccc(F)c(F)c1. The van der Waals surface area contributed by atoms with Crippen LogP contribution in [0.2, 0.25) is 6.04 Å². The Hall–Kier alpha value is -0.823. The molecule has 0 unspecified atom stereocenters. The van der Waals surface area contributed by atoms with Gasteiger partial charge in [-0.2, -0.15) is 0 Å². The Labute approximate surface area is 87.3 Å². The highest BCUT2D eigenvalue weighted by Crippen LogP contribution is 2.13. The van der Waals surface area contributed by atoms with Gasteiger partial charge in [0.15, 0.2) is 11.6 Å². The van der Waals surface area contributed by atoms with E-state index in [0.29, 0.717) is 5.56 Å². The quantitative estimate of drug-likeness (QED) is 0.766. The lowest BCUT2D eigenvalue weighted by atomic mass is 10.2. The lowest BCUT2D eigenvalue weighted by Gasteiger charge is -2.14. The lowest BCUT2D eigenvalue weighted by molar-refractivity contribution is 0.185. The van der Waals surface area contributed by atoms with Crippen molar-refractivity contribution in [2.24, 2.45) is 0 Å². The second-order valence-electron chi connectivity index (χ2n) is 3.20. The zero-order valence-corrected chi connectivity index (χ0v) is 9.20. The van der Waals surface area contributed by atoms with Gasteiger partial charge in [-0.3, -0.25) is 0 Å². The van der Waals surface area contributed by atoms with Gasteiger partial charge >= 0.3 is 8.80 Å².